The van der Waals surface area contributed by atoms with Gasteiger partial charge in [-0.25, -0.2) is 0 Å². The molecule has 100 valence electrons. The maximum atomic E-state index is 9.57. The number of ether oxygens (including phenoxy) is 2. The third kappa shape index (κ3) is 3.49. The number of aliphatic hydroxyl groups is 1. The van der Waals surface area contributed by atoms with E-state index in [1.165, 1.54) is 0 Å². The van der Waals surface area contributed by atoms with Crippen molar-refractivity contribution in [3.8, 4) is 17.2 Å². The average molecular weight is 323 g/mol. The summed E-state index contributed by atoms with van der Waals surface area (Å²) < 4.78 is 11.7. The van der Waals surface area contributed by atoms with Gasteiger partial charge in [-0.2, -0.15) is 0 Å². The summed E-state index contributed by atoms with van der Waals surface area (Å²) in [6, 6.07) is 12.9. The van der Waals surface area contributed by atoms with E-state index in [2.05, 4.69) is 15.9 Å². The highest BCUT2D eigenvalue weighted by atomic mass is 79.9. The SMILES string of the molecule is COc1cccc(Oc2ccc([C@H](C)O)c(Br)c2)c1. The van der Waals surface area contributed by atoms with Gasteiger partial charge in [-0.05, 0) is 36.8 Å². The van der Waals surface area contributed by atoms with Crippen LogP contribution >= 0.6 is 15.9 Å². The van der Waals surface area contributed by atoms with Crippen LogP contribution in [0.25, 0.3) is 0 Å². The Bertz CT molecular complexity index is 567. The van der Waals surface area contributed by atoms with Crippen molar-refractivity contribution in [3.05, 3.63) is 52.5 Å². The molecule has 0 saturated heterocycles. The van der Waals surface area contributed by atoms with Crippen molar-refractivity contribution < 1.29 is 14.6 Å². The molecule has 0 aliphatic heterocycles. The Kier molecular flexibility index (Phi) is 4.45. The summed E-state index contributed by atoms with van der Waals surface area (Å²) in [7, 11) is 1.62. The Morgan fingerprint density at radius 3 is 2.37 bits per heavy atom. The van der Waals surface area contributed by atoms with Crippen molar-refractivity contribution in [1.29, 1.82) is 0 Å². The van der Waals surface area contributed by atoms with E-state index in [9.17, 15) is 5.11 Å². The fraction of sp³-hybridized carbons (Fsp3) is 0.200. The second kappa shape index (κ2) is 6.08. The molecule has 2 aromatic carbocycles. The van der Waals surface area contributed by atoms with E-state index < -0.39 is 6.10 Å². The van der Waals surface area contributed by atoms with Crippen LogP contribution in [0.4, 0.5) is 0 Å². The third-order valence-corrected chi connectivity index (χ3v) is 3.39. The molecule has 0 aliphatic rings. The first-order valence-corrected chi connectivity index (χ1v) is 6.69. The third-order valence-electron chi connectivity index (χ3n) is 2.70. The molecule has 0 bridgehead atoms. The van der Waals surface area contributed by atoms with Gasteiger partial charge in [0.05, 0.1) is 13.2 Å². The summed E-state index contributed by atoms with van der Waals surface area (Å²) in [5, 5.41) is 9.57. The van der Waals surface area contributed by atoms with E-state index in [1.54, 1.807) is 14.0 Å². The van der Waals surface area contributed by atoms with Crippen LogP contribution in [0.3, 0.4) is 0 Å². The first-order chi connectivity index (χ1) is 9.10. The molecule has 19 heavy (non-hydrogen) atoms. The van der Waals surface area contributed by atoms with Crippen molar-refractivity contribution >= 4 is 15.9 Å². The number of rotatable bonds is 4. The zero-order valence-corrected chi connectivity index (χ0v) is 12.3. The Morgan fingerprint density at radius 2 is 1.74 bits per heavy atom. The van der Waals surface area contributed by atoms with E-state index in [1.807, 2.05) is 42.5 Å². The lowest BCUT2D eigenvalue weighted by molar-refractivity contribution is 0.198. The minimum Gasteiger partial charge on any atom is -0.497 e. The highest BCUT2D eigenvalue weighted by molar-refractivity contribution is 9.10. The van der Waals surface area contributed by atoms with Gasteiger partial charge in [0.2, 0.25) is 0 Å². The second-order valence-corrected chi connectivity index (χ2v) is 4.99. The van der Waals surface area contributed by atoms with Crippen LogP contribution in [0.15, 0.2) is 46.9 Å². The molecule has 0 heterocycles. The van der Waals surface area contributed by atoms with E-state index in [0.29, 0.717) is 11.5 Å². The molecule has 0 saturated carbocycles. The lowest BCUT2D eigenvalue weighted by Gasteiger charge is -2.11. The van der Waals surface area contributed by atoms with Crippen LogP contribution in [0.1, 0.15) is 18.6 Å². The van der Waals surface area contributed by atoms with Gasteiger partial charge >= 0.3 is 0 Å². The Morgan fingerprint density at radius 1 is 1.05 bits per heavy atom. The molecule has 0 amide bonds. The summed E-state index contributed by atoms with van der Waals surface area (Å²) in [5.74, 6) is 2.15. The van der Waals surface area contributed by atoms with Gasteiger partial charge in [-0.1, -0.05) is 28.1 Å². The van der Waals surface area contributed by atoms with Gasteiger partial charge in [0.1, 0.15) is 17.2 Å². The molecular formula is C15H15BrO3. The van der Waals surface area contributed by atoms with Crippen LogP contribution < -0.4 is 9.47 Å². The van der Waals surface area contributed by atoms with Crippen molar-refractivity contribution in [1.82, 2.24) is 0 Å². The van der Waals surface area contributed by atoms with Crippen molar-refractivity contribution in [2.24, 2.45) is 0 Å². The van der Waals surface area contributed by atoms with Crippen molar-refractivity contribution in [2.45, 2.75) is 13.0 Å². The molecule has 0 fully saturated rings. The molecule has 0 aliphatic carbocycles. The number of methoxy groups -OCH3 is 1. The highest BCUT2D eigenvalue weighted by Crippen LogP contribution is 2.31. The number of halogens is 1. The van der Waals surface area contributed by atoms with E-state index in [4.69, 9.17) is 9.47 Å². The van der Waals surface area contributed by atoms with Gasteiger partial charge in [0.25, 0.3) is 0 Å². The minimum absolute atomic E-state index is 0.514. The molecule has 1 N–H and O–H groups in total. The summed E-state index contributed by atoms with van der Waals surface area (Å²) in [5.41, 5.74) is 0.831. The van der Waals surface area contributed by atoms with E-state index in [0.717, 1.165) is 15.8 Å². The lowest BCUT2D eigenvalue weighted by Crippen LogP contribution is -1.93. The molecule has 1 atom stereocenters. The summed E-state index contributed by atoms with van der Waals surface area (Å²) >= 11 is 3.42. The number of hydrogen-bond acceptors (Lipinski definition) is 3. The summed E-state index contributed by atoms with van der Waals surface area (Å²) in [4.78, 5) is 0. The van der Waals surface area contributed by atoms with Gasteiger partial charge in [0, 0.05) is 10.5 Å². The Labute approximate surface area is 120 Å². The first kappa shape index (κ1) is 13.9. The fourth-order valence-electron chi connectivity index (χ4n) is 1.71. The van der Waals surface area contributed by atoms with Gasteiger partial charge in [0.15, 0.2) is 0 Å². The Hall–Kier alpha value is -1.52. The van der Waals surface area contributed by atoms with Gasteiger partial charge in [-0.3, -0.25) is 0 Å². The predicted octanol–water partition coefficient (Wildman–Crippen LogP) is 4.30. The number of hydrogen-bond donors (Lipinski definition) is 1. The van der Waals surface area contributed by atoms with Crippen LogP contribution in [0.5, 0.6) is 17.2 Å². The molecule has 2 aromatic rings. The van der Waals surface area contributed by atoms with E-state index in [-0.39, 0.29) is 0 Å². The molecule has 0 aromatic heterocycles. The normalized spacial score (nSPS) is 12.0. The van der Waals surface area contributed by atoms with Crippen LogP contribution in [-0.4, -0.2) is 12.2 Å². The highest BCUT2D eigenvalue weighted by Gasteiger charge is 2.08. The molecule has 3 nitrogen and oxygen atoms in total. The predicted molar refractivity (Wildman–Crippen MR) is 77.8 cm³/mol. The van der Waals surface area contributed by atoms with Gasteiger partial charge in [-0.15, -0.1) is 0 Å². The minimum atomic E-state index is -0.514. The van der Waals surface area contributed by atoms with E-state index >= 15 is 0 Å². The standard InChI is InChI=1S/C15H15BrO3/c1-10(17)14-7-6-13(9-15(14)16)19-12-5-3-4-11(8-12)18-2/h3-10,17H,1-2H3/t10-/m0/s1. The second-order valence-electron chi connectivity index (χ2n) is 4.14. The molecule has 2 rings (SSSR count). The first-order valence-electron chi connectivity index (χ1n) is 5.89. The van der Waals surface area contributed by atoms with Gasteiger partial charge < -0.3 is 14.6 Å². The average Bonchev–Trinajstić information content (AvgIpc) is 2.38. The smallest absolute Gasteiger partial charge is 0.131 e. The Balaban J connectivity index is 2.21. The van der Waals surface area contributed by atoms with Crippen molar-refractivity contribution in [2.75, 3.05) is 7.11 Å². The maximum Gasteiger partial charge on any atom is 0.131 e. The topological polar surface area (TPSA) is 38.7 Å². The lowest BCUT2D eigenvalue weighted by atomic mass is 10.1. The molecule has 0 spiro atoms. The number of aliphatic hydroxyl groups excluding tert-OH is 1. The van der Waals surface area contributed by atoms with Crippen LogP contribution in [0.2, 0.25) is 0 Å². The molecule has 4 heteroatoms. The largest absolute Gasteiger partial charge is 0.497 e. The summed E-state index contributed by atoms with van der Waals surface area (Å²) in [6.07, 6.45) is -0.514. The molecule has 0 unspecified atom stereocenters. The quantitative estimate of drug-likeness (QED) is 0.911. The summed E-state index contributed by atoms with van der Waals surface area (Å²) in [6.45, 7) is 1.72. The zero-order valence-electron chi connectivity index (χ0n) is 10.8. The number of benzene rings is 2. The zero-order chi connectivity index (χ0) is 13.8. The van der Waals surface area contributed by atoms with Crippen molar-refractivity contribution in [3.63, 3.8) is 0 Å². The monoisotopic (exact) mass is 322 g/mol. The molecule has 0 radical (unpaired) electrons. The van der Waals surface area contributed by atoms with Crippen LogP contribution in [-0.2, 0) is 0 Å². The maximum absolute atomic E-state index is 9.57. The van der Waals surface area contributed by atoms with Crippen LogP contribution in [0, 0.1) is 0 Å². The molecular weight excluding hydrogens is 308 g/mol. The fourth-order valence-corrected chi connectivity index (χ4v) is 2.40.